The summed E-state index contributed by atoms with van der Waals surface area (Å²) >= 11 is 0. The number of carbonyl (C=O) groups is 3. The monoisotopic (exact) mass is 270 g/mol. The van der Waals surface area contributed by atoms with Gasteiger partial charge in [0, 0.05) is 12.0 Å². The first-order valence-electron chi connectivity index (χ1n) is 6.45. The average Bonchev–Trinajstić information content (AvgIpc) is 2.66. The maximum atomic E-state index is 12.0. The summed E-state index contributed by atoms with van der Waals surface area (Å²) in [6.07, 6.45) is 0.677. The van der Waals surface area contributed by atoms with E-state index in [1.54, 1.807) is 20.8 Å². The summed E-state index contributed by atoms with van der Waals surface area (Å²) in [5, 5.41) is 11.7. The van der Waals surface area contributed by atoms with Crippen molar-refractivity contribution in [1.29, 1.82) is 0 Å². The summed E-state index contributed by atoms with van der Waals surface area (Å²) < 4.78 is 0. The van der Waals surface area contributed by atoms with Gasteiger partial charge in [-0.05, 0) is 12.3 Å². The van der Waals surface area contributed by atoms with Crippen LogP contribution in [-0.4, -0.2) is 46.9 Å². The Morgan fingerprint density at radius 2 is 1.89 bits per heavy atom. The number of nitrogens with one attached hydrogen (secondary N) is 1. The number of carboxylic acids is 1. The maximum absolute atomic E-state index is 12.0. The van der Waals surface area contributed by atoms with Crippen molar-refractivity contribution in [1.82, 2.24) is 10.2 Å². The van der Waals surface area contributed by atoms with Crippen LogP contribution in [0.4, 0.5) is 0 Å². The third-order valence-corrected chi connectivity index (χ3v) is 3.35. The van der Waals surface area contributed by atoms with Crippen LogP contribution in [-0.2, 0) is 14.4 Å². The van der Waals surface area contributed by atoms with Crippen molar-refractivity contribution < 1.29 is 19.5 Å². The number of carbonyl (C=O) groups excluding carboxylic acids is 2. The van der Waals surface area contributed by atoms with Crippen LogP contribution in [0.25, 0.3) is 0 Å². The molecule has 2 N–H and O–H groups in total. The van der Waals surface area contributed by atoms with E-state index in [2.05, 4.69) is 5.32 Å². The van der Waals surface area contributed by atoms with E-state index in [4.69, 9.17) is 5.11 Å². The highest BCUT2D eigenvalue weighted by atomic mass is 16.4. The minimum atomic E-state index is -0.986. The van der Waals surface area contributed by atoms with Gasteiger partial charge >= 0.3 is 5.97 Å². The predicted molar refractivity (Wildman–Crippen MR) is 69.4 cm³/mol. The van der Waals surface area contributed by atoms with E-state index < -0.39 is 17.4 Å². The zero-order chi connectivity index (χ0) is 14.8. The molecular weight excluding hydrogens is 248 g/mol. The van der Waals surface area contributed by atoms with Gasteiger partial charge in [-0.2, -0.15) is 0 Å². The number of hydrogen-bond donors (Lipinski definition) is 2. The Balaban J connectivity index is 2.59. The molecule has 108 valence electrons. The maximum Gasteiger partial charge on any atom is 0.326 e. The van der Waals surface area contributed by atoms with Crippen LogP contribution in [0.15, 0.2) is 0 Å². The van der Waals surface area contributed by atoms with Crippen molar-refractivity contribution in [2.24, 2.45) is 11.3 Å². The Hall–Kier alpha value is -1.59. The molecule has 0 radical (unpaired) electrons. The number of nitrogens with zero attached hydrogens (tertiary/aromatic N) is 1. The normalized spacial score (nSPS) is 23.3. The van der Waals surface area contributed by atoms with Crippen molar-refractivity contribution in [3.63, 3.8) is 0 Å². The molecule has 6 nitrogen and oxygen atoms in total. The highest BCUT2D eigenvalue weighted by Crippen LogP contribution is 2.24. The van der Waals surface area contributed by atoms with Gasteiger partial charge in [0.2, 0.25) is 11.8 Å². The minimum Gasteiger partial charge on any atom is -0.480 e. The van der Waals surface area contributed by atoms with E-state index in [0.717, 1.165) is 0 Å². The lowest BCUT2D eigenvalue weighted by molar-refractivity contribution is -0.149. The molecule has 1 saturated heterocycles. The second kappa shape index (κ2) is 5.59. The molecule has 0 saturated carbocycles. The summed E-state index contributed by atoms with van der Waals surface area (Å²) in [6.45, 7) is 7.37. The third-order valence-electron chi connectivity index (χ3n) is 3.35. The molecule has 1 fully saturated rings. The molecule has 0 aromatic heterocycles. The van der Waals surface area contributed by atoms with E-state index in [1.165, 1.54) is 4.90 Å². The number of carboxylic acid groups (broad SMARTS) is 1. The summed E-state index contributed by atoms with van der Waals surface area (Å²) in [6, 6.07) is -0.779. The SMILES string of the molecule is CC1CCN(C(=O)CNC(=O)C(C)(C)C)C1C(=O)O. The Bertz CT molecular complexity index is 387. The zero-order valence-electron chi connectivity index (χ0n) is 11.9. The number of rotatable bonds is 3. The summed E-state index contributed by atoms with van der Waals surface area (Å²) in [7, 11) is 0. The molecule has 0 spiro atoms. The van der Waals surface area contributed by atoms with Crippen LogP contribution in [0.3, 0.4) is 0 Å². The Labute approximate surface area is 113 Å². The van der Waals surface area contributed by atoms with E-state index in [0.29, 0.717) is 13.0 Å². The summed E-state index contributed by atoms with van der Waals surface area (Å²) in [4.78, 5) is 36.1. The van der Waals surface area contributed by atoms with Gasteiger partial charge < -0.3 is 15.3 Å². The van der Waals surface area contributed by atoms with Crippen LogP contribution >= 0.6 is 0 Å². The number of aliphatic carboxylic acids is 1. The quantitative estimate of drug-likeness (QED) is 0.780. The molecule has 2 atom stereocenters. The molecule has 1 rings (SSSR count). The fourth-order valence-corrected chi connectivity index (χ4v) is 2.13. The number of hydrogen-bond acceptors (Lipinski definition) is 3. The van der Waals surface area contributed by atoms with Gasteiger partial charge in [0.25, 0.3) is 0 Å². The highest BCUT2D eigenvalue weighted by molar-refractivity contribution is 5.89. The minimum absolute atomic E-state index is 0.0558. The van der Waals surface area contributed by atoms with E-state index in [1.807, 2.05) is 6.92 Å². The van der Waals surface area contributed by atoms with Gasteiger partial charge in [-0.15, -0.1) is 0 Å². The lowest BCUT2D eigenvalue weighted by Gasteiger charge is -2.24. The van der Waals surface area contributed by atoms with Crippen molar-refractivity contribution in [3.05, 3.63) is 0 Å². The van der Waals surface area contributed by atoms with Gasteiger partial charge in [-0.3, -0.25) is 9.59 Å². The first-order chi connectivity index (χ1) is 8.64. The number of amides is 2. The third kappa shape index (κ3) is 3.68. The molecule has 0 bridgehead atoms. The standard InChI is InChI=1S/C13H22N2O4/c1-8-5-6-15(10(8)11(17)18)9(16)7-14-12(19)13(2,3)4/h8,10H,5-7H2,1-4H3,(H,14,19)(H,17,18). The van der Waals surface area contributed by atoms with Gasteiger partial charge in [0.1, 0.15) is 6.04 Å². The average molecular weight is 270 g/mol. The van der Waals surface area contributed by atoms with E-state index >= 15 is 0 Å². The molecule has 1 aliphatic rings. The van der Waals surface area contributed by atoms with Crippen molar-refractivity contribution in [2.75, 3.05) is 13.1 Å². The lowest BCUT2D eigenvalue weighted by Crippen LogP contribution is -2.48. The molecule has 2 unspecified atom stereocenters. The second-order valence-electron chi connectivity index (χ2n) is 6.07. The fourth-order valence-electron chi connectivity index (χ4n) is 2.13. The van der Waals surface area contributed by atoms with Crippen LogP contribution in [0.5, 0.6) is 0 Å². The number of likely N-dealkylation sites (tertiary alicyclic amines) is 1. The van der Waals surface area contributed by atoms with Gasteiger partial charge in [-0.1, -0.05) is 27.7 Å². The molecule has 0 aromatic carbocycles. The van der Waals surface area contributed by atoms with Gasteiger partial charge in [-0.25, -0.2) is 4.79 Å². The highest BCUT2D eigenvalue weighted by Gasteiger charge is 2.39. The molecule has 19 heavy (non-hydrogen) atoms. The molecule has 1 heterocycles. The molecule has 0 aliphatic carbocycles. The molecule has 1 aliphatic heterocycles. The van der Waals surface area contributed by atoms with Crippen LogP contribution in [0.1, 0.15) is 34.1 Å². The van der Waals surface area contributed by atoms with Gasteiger partial charge in [0.05, 0.1) is 6.54 Å². The summed E-state index contributed by atoms with van der Waals surface area (Å²) in [5.41, 5.74) is -0.565. The zero-order valence-corrected chi connectivity index (χ0v) is 11.9. The fraction of sp³-hybridized carbons (Fsp3) is 0.769. The molecule has 0 aromatic rings. The molecular formula is C13H22N2O4. The van der Waals surface area contributed by atoms with E-state index in [-0.39, 0.29) is 24.3 Å². The first-order valence-corrected chi connectivity index (χ1v) is 6.45. The van der Waals surface area contributed by atoms with Crippen molar-refractivity contribution in [3.8, 4) is 0 Å². The Kier molecular flexibility index (Phi) is 4.55. The summed E-state index contributed by atoms with van der Waals surface area (Å²) in [5.74, 6) is -1.60. The largest absolute Gasteiger partial charge is 0.480 e. The van der Waals surface area contributed by atoms with Crippen molar-refractivity contribution in [2.45, 2.75) is 40.2 Å². The molecule has 2 amide bonds. The van der Waals surface area contributed by atoms with Crippen LogP contribution < -0.4 is 5.32 Å². The smallest absolute Gasteiger partial charge is 0.326 e. The molecule has 6 heteroatoms. The topological polar surface area (TPSA) is 86.7 Å². The van der Waals surface area contributed by atoms with Crippen molar-refractivity contribution >= 4 is 17.8 Å². The lowest BCUT2D eigenvalue weighted by atomic mass is 9.96. The predicted octanol–water partition coefficient (Wildman–Crippen LogP) is 0.470. The Morgan fingerprint density at radius 1 is 1.32 bits per heavy atom. The van der Waals surface area contributed by atoms with Gasteiger partial charge in [0.15, 0.2) is 0 Å². The first kappa shape index (κ1) is 15.5. The second-order valence-corrected chi connectivity index (χ2v) is 6.07. The van der Waals surface area contributed by atoms with Crippen LogP contribution in [0.2, 0.25) is 0 Å². The van der Waals surface area contributed by atoms with E-state index in [9.17, 15) is 14.4 Å². The van der Waals surface area contributed by atoms with Crippen LogP contribution in [0, 0.1) is 11.3 Å². The Morgan fingerprint density at radius 3 is 2.37 bits per heavy atom.